The van der Waals surface area contributed by atoms with Crippen LogP contribution in [0.25, 0.3) is 32.4 Å². The Morgan fingerprint density at radius 3 is 2.29 bits per heavy atom. The van der Waals surface area contributed by atoms with Gasteiger partial charge in [0.15, 0.2) is 5.82 Å². The lowest BCUT2D eigenvalue weighted by atomic mass is 10.1. The minimum atomic E-state index is -0.312. The molecule has 0 saturated carbocycles. The van der Waals surface area contributed by atoms with Crippen molar-refractivity contribution in [1.29, 1.82) is 0 Å². The molecule has 0 fully saturated rings. The molecule has 2 N–H and O–H groups in total. The standard InChI is InChI=1S/C30H28N6OS/c1-36(2)18-17-31-27-19-25(33-28(35-27)22-13-7-4-8-14-22)29(37)34-24-16-10-9-15-23(24)30-32-20-26(38-30)21-11-5-3-6-12-21/h3-16,19-20H,17-18H2,1-2H3,(H,34,37)(H,31,33,35). The predicted octanol–water partition coefficient (Wildman–Crippen LogP) is 6.16. The fourth-order valence-electron chi connectivity index (χ4n) is 3.88. The quantitative estimate of drug-likeness (QED) is 0.242. The number of amides is 1. The molecular formula is C30H28N6OS. The molecule has 8 heteroatoms. The summed E-state index contributed by atoms with van der Waals surface area (Å²) < 4.78 is 0. The fourth-order valence-corrected chi connectivity index (χ4v) is 4.84. The second kappa shape index (κ2) is 11.8. The maximum Gasteiger partial charge on any atom is 0.274 e. The molecule has 2 aromatic heterocycles. The molecule has 2 heterocycles. The molecule has 7 nitrogen and oxygen atoms in total. The number of benzene rings is 3. The third-order valence-corrected chi connectivity index (χ3v) is 6.91. The number of hydrogen-bond acceptors (Lipinski definition) is 7. The van der Waals surface area contributed by atoms with Crippen LogP contribution in [0.15, 0.2) is 97.2 Å². The van der Waals surface area contributed by atoms with Crippen LogP contribution in [0.4, 0.5) is 11.5 Å². The number of para-hydroxylation sites is 1. The van der Waals surface area contributed by atoms with Gasteiger partial charge >= 0.3 is 0 Å². The Morgan fingerprint density at radius 2 is 1.55 bits per heavy atom. The van der Waals surface area contributed by atoms with Gasteiger partial charge in [0.25, 0.3) is 5.91 Å². The van der Waals surface area contributed by atoms with Gasteiger partial charge in [0.05, 0.1) is 10.6 Å². The third kappa shape index (κ3) is 6.11. The molecule has 0 atom stereocenters. The van der Waals surface area contributed by atoms with E-state index in [2.05, 4.69) is 42.6 Å². The van der Waals surface area contributed by atoms with Crippen LogP contribution in [0.5, 0.6) is 0 Å². The number of hydrogen-bond donors (Lipinski definition) is 2. The molecule has 0 aliphatic heterocycles. The second-order valence-corrected chi connectivity index (χ2v) is 9.98. The predicted molar refractivity (Wildman–Crippen MR) is 155 cm³/mol. The van der Waals surface area contributed by atoms with Crippen molar-refractivity contribution in [2.24, 2.45) is 0 Å². The van der Waals surface area contributed by atoms with Crippen LogP contribution >= 0.6 is 11.3 Å². The fraction of sp³-hybridized carbons (Fsp3) is 0.133. The Labute approximate surface area is 226 Å². The topological polar surface area (TPSA) is 83.0 Å². The highest BCUT2D eigenvalue weighted by molar-refractivity contribution is 7.18. The Morgan fingerprint density at radius 1 is 0.868 bits per heavy atom. The summed E-state index contributed by atoms with van der Waals surface area (Å²) in [5, 5.41) is 7.21. The lowest BCUT2D eigenvalue weighted by Crippen LogP contribution is -2.22. The number of thiazole rings is 1. The van der Waals surface area contributed by atoms with E-state index in [9.17, 15) is 4.79 Å². The third-order valence-electron chi connectivity index (χ3n) is 5.83. The van der Waals surface area contributed by atoms with Gasteiger partial charge in [-0.05, 0) is 31.8 Å². The van der Waals surface area contributed by atoms with Crippen LogP contribution < -0.4 is 10.6 Å². The second-order valence-electron chi connectivity index (χ2n) is 8.95. The molecule has 5 aromatic rings. The van der Waals surface area contributed by atoms with Crippen molar-refractivity contribution in [3.05, 3.63) is 103 Å². The summed E-state index contributed by atoms with van der Waals surface area (Å²) in [6.07, 6.45) is 1.87. The van der Waals surface area contributed by atoms with E-state index in [4.69, 9.17) is 0 Å². The molecule has 0 unspecified atom stereocenters. The van der Waals surface area contributed by atoms with Crippen LogP contribution in [0.2, 0.25) is 0 Å². The Balaban J connectivity index is 1.43. The van der Waals surface area contributed by atoms with E-state index in [0.717, 1.165) is 33.1 Å². The normalized spacial score (nSPS) is 10.9. The summed E-state index contributed by atoms with van der Waals surface area (Å²) in [5.74, 6) is 0.783. The smallest absolute Gasteiger partial charge is 0.274 e. The van der Waals surface area contributed by atoms with Crippen molar-refractivity contribution in [2.45, 2.75) is 0 Å². The van der Waals surface area contributed by atoms with Gasteiger partial charge in [-0.15, -0.1) is 11.3 Å². The van der Waals surface area contributed by atoms with Gasteiger partial charge in [-0.3, -0.25) is 4.79 Å². The summed E-state index contributed by atoms with van der Waals surface area (Å²) >= 11 is 1.59. The summed E-state index contributed by atoms with van der Waals surface area (Å²) in [6, 6.07) is 29.2. The highest BCUT2D eigenvalue weighted by Gasteiger charge is 2.17. The minimum Gasteiger partial charge on any atom is -0.369 e. The first-order chi connectivity index (χ1) is 18.6. The van der Waals surface area contributed by atoms with Gasteiger partial charge < -0.3 is 15.5 Å². The molecule has 0 saturated heterocycles. The first kappa shape index (κ1) is 25.3. The van der Waals surface area contributed by atoms with E-state index < -0.39 is 0 Å². The minimum absolute atomic E-state index is 0.283. The summed E-state index contributed by atoms with van der Waals surface area (Å²) in [6.45, 7) is 1.52. The molecule has 0 bridgehead atoms. The molecule has 3 aromatic carbocycles. The number of carbonyl (C=O) groups excluding carboxylic acids is 1. The zero-order valence-corrected chi connectivity index (χ0v) is 22.1. The molecule has 190 valence electrons. The highest BCUT2D eigenvalue weighted by Crippen LogP contribution is 2.35. The lowest BCUT2D eigenvalue weighted by Gasteiger charge is -2.13. The van der Waals surface area contributed by atoms with Crippen molar-refractivity contribution < 1.29 is 4.79 Å². The summed E-state index contributed by atoms with van der Waals surface area (Å²) in [5.41, 5.74) is 3.77. The highest BCUT2D eigenvalue weighted by atomic mass is 32.1. The van der Waals surface area contributed by atoms with Crippen molar-refractivity contribution in [3.8, 4) is 32.4 Å². The van der Waals surface area contributed by atoms with Gasteiger partial charge in [-0.1, -0.05) is 72.8 Å². The number of nitrogens with zero attached hydrogens (tertiary/aromatic N) is 4. The van der Waals surface area contributed by atoms with Crippen LogP contribution in [0.3, 0.4) is 0 Å². The molecule has 0 spiro atoms. The lowest BCUT2D eigenvalue weighted by molar-refractivity contribution is 0.102. The first-order valence-electron chi connectivity index (χ1n) is 12.3. The van der Waals surface area contributed by atoms with Gasteiger partial charge in [0.1, 0.15) is 16.5 Å². The van der Waals surface area contributed by atoms with Crippen molar-refractivity contribution in [1.82, 2.24) is 19.9 Å². The zero-order valence-electron chi connectivity index (χ0n) is 21.3. The summed E-state index contributed by atoms with van der Waals surface area (Å²) in [7, 11) is 4.03. The average Bonchev–Trinajstić information content (AvgIpc) is 3.44. The number of nitrogens with one attached hydrogen (secondary N) is 2. The van der Waals surface area contributed by atoms with Crippen LogP contribution in [0.1, 0.15) is 10.5 Å². The van der Waals surface area contributed by atoms with E-state index >= 15 is 0 Å². The van der Waals surface area contributed by atoms with E-state index in [0.29, 0.717) is 23.9 Å². The Hall–Kier alpha value is -4.40. The van der Waals surface area contributed by atoms with E-state index in [1.165, 1.54) is 0 Å². The van der Waals surface area contributed by atoms with Gasteiger partial charge in [-0.2, -0.15) is 0 Å². The number of likely N-dealkylation sites (N-methyl/N-ethyl adjacent to an activating group) is 1. The molecule has 0 aliphatic rings. The maximum absolute atomic E-state index is 13.5. The number of aromatic nitrogens is 3. The van der Waals surface area contributed by atoms with E-state index in [1.807, 2.05) is 93.1 Å². The number of rotatable bonds is 9. The molecule has 38 heavy (non-hydrogen) atoms. The van der Waals surface area contributed by atoms with E-state index in [1.54, 1.807) is 17.4 Å². The van der Waals surface area contributed by atoms with Crippen LogP contribution in [0, 0.1) is 0 Å². The SMILES string of the molecule is CN(C)CCNc1cc(C(=O)Nc2ccccc2-c2ncc(-c3ccccc3)s2)nc(-c2ccccc2)n1. The van der Waals surface area contributed by atoms with Gasteiger partial charge in [0.2, 0.25) is 0 Å². The van der Waals surface area contributed by atoms with Gasteiger partial charge in [-0.25, -0.2) is 15.0 Å². The van der Waals surface area contributed by atoms with Crippen molar-refractivity contribution in [2.75, 3.05) is 37.8 Å². The Kier molecular flexibility index (Phi) is 7.82. The Bertz CT molecular complexity index is 1520. The van der Waals surface area contributed by atoms with E-state index in [-0.39, 0.29) is 11.6 Å². The molecular weight excluding hydrogens is 492 g/mol. The van der Waals surface area contributed by atoms with Gasteiger partial charge in [0, 0.05) is 36.5 Å². The largest absolute Gasteiger partial charge is 0.369 e. The molecule has 1 amide bonds. The summed E-state index contributed by atoms with van der Waals surface area (Å²) in [4.78, 5) is 30.5. The van der Waals surface area contributed by atoms with Crippen molar-refractivity contribution >= 4 is 28.7 Å². The average molecular weight is 521 g/mol. The molecule has 0 aliphatic carbocycles. The maximum atomic E-state index is 13.5. The monoisotopic (exact) mass is 520 g/mol. The first-order valence-corrected chi connectivity index (χ1v) is 13.1. The van der Waals surface area contributed by atoms with Crippen LogP contribution in [-0.2, 0) is 0 Å². The van der Waals surface area contributed by atoms with Crippen molar-refractivity contribution in [3.63, 3.8) is 0 Å². The molecule has 5 rings (SSSR count). The van der Waals surface area contributed by atoms with Crippen LogP contribution in [-0.4, -0.2) is 52.9 Å². The molecule has 0 radical (unpaired) electrons. The number of carbonyl (C=O) groups is 1. The zero-order chi connectivity index (χ0) is 26.3. The number of anilines is 2.